The molecule has 1 heterocycles. The Kier molecular flexibility index (Phi) is 4.85. The molecule has 4 N–H and O–H groups in total. The molecule has 2 aromatic carbocycles. The highest BCUT2D eigenvalue weighted by molar-refractivity contribution is 5.95. The zero-order valence-electron chi connectivity index (χ0n) is 13.6. The lowest BCUT2D eigenvalue weighted by Gasteiger charge is -2.08. The molecule has 3 rings (SSSR count). The van der Waals surface area contributed by atoms with Crippen molar-refractivity contribution in [3.05, 3.63) is 89.7 Å². The van der Waals surface area contributed by atoms with Crippen LogP contribution in [0.2, 0.25) is 0 Å². The average molecular weight is 330 g/mol. The van der Waals surface area contributed by atoms with E-state index in [1.165, 1.54) is 0 Å². The SMILES string of the molecule is N=C(N)c1ccc(CNC(=O)c2cncc(-c3ccccc3)c2)cc1. The summed E-state index contributed by atoms with van der Waals surface area (Å²) in [5.41, 5.74) is 9.46. The summed E-state index contributed by atoms with van der Waals surface area (Å²) in [6.07, 6.45) is 3.30. The molecule has 0 unspecified atom stereocenters. The van der Waals surface area contributed by atoms with Gasteiger partial charge in [0.15, 0.2) is 0 Å². The number of hydrogen-bond acceptors (Lipinski definition) is 3. The van der Waals surface area contributed by atoms with E-state index in [1.807, 2.05) is 48.5 Å². The maximum atomic E-state index is 12.4. The minimum absolute atomic E-state index is 0.0272. The van der Waals surface area contributed by atoms with Gasteiger partial charge in [-0.2, -0.15) is 0 Å². The van der Waals surface area contributed by atoms with Crippen LogP contribution in [0, 0.1) is 5.41 Å². The first kappa shape index (κ1) is 16.4. The molecule has 124 valence electrons. The second-order valence-electron chi connectivity index (χ2n) is 5.62. The number of carbonyl (C=O) groups excluding carboxylic acids is 1. The maximum absolute atomic E-state index is 12.4. The molecule has 0 aliphatic carbocycles. The number of aromatic nitrogens is 1. The number of nitrogen functional groups attached to an aromatic ring is 1. The first-order valence-electron chi connectivity index (χ1n) is 7.85. The number of hydrogen-bond donors (Lipinski definition) is 3. The van der Waals surface area contributed by atoms with Crippen molar-refractivity contribution in [3.8, 4) is 11.1 Å². The van der Waals surface area contributed by atoms with Crippen LogP contribution in [0.3, 0.4) is 0 Å². The van der Waals surface area contributed by atoms with E-state index in [2.05, 4.69) is 10.3 Å². The molecule has 0 saturated carbocycles. The van der Waals surface area contributed by atoms with Crippen LogP contribution >= 0.6 is 0 Å². The summed E-state index contributed by atoms with van der Waals surface area (Å²) in [5, 5.41) is 10.3. The smallest absolute Gasteiger partial charge is 0.253 e. The van der Waals surface area contributed by atoms with E-state index in [0.717, 1.165) is 16.7 Å². The molecule has 5 heteroatoms. The van der Waals surface area contributed by atoms with Gasteiger partial charge in [-0.05, 0) is 17.2 Å². The second-order valence-corrected chi connectivity index (χ2v) is 5.62. The Balaban J connectivity index is 1.68. The van der Waals surface area contributed by atoms with Crippen molar-refractivity contribution < 1.29 is 4.79 Å². The van der Waals surface area contributed by atoms with Gasteiger partial charge in [-0.1, -0.05) is 54.6 Å². The average Bonchev–Trinajstić information content (AvgIpc) is 2.67. The fourth-order valence-corrected chi connectivity index (χ4v) is 2.44. The summed E-state index contributed by atoms with van der Waals surface area (Å²) in [6, 6.07) is 18.9. The van der Waals surface area contributed by atoms with Crippen molar-refractivity contribution in [2.45, 2.75) is 6.54 Å². The van der Waals surface area contributed by atoms with Crippen molar-refractivity contribution in [2.24, 2.45) is 5.73 Å². The Morgan fingerprint density at radius 1 is 0.960 bits per heavy atom. The van der Waals surface area contributed by atoms with E-state index >= 15 is 0 Å². The summed E-state index contributed by atoms with van der Waals surface area (Å²) in [7, 11) is 0. The van der Waals surface area contributed by atoms with Gasteiger partial charge in [-0.15, -0.1) is 0 Å². The lowest BCUT2D eigenvalue weighted by molar-refractivity contribution is 0.0950. The Hall–Kier alpha value is -3.47. The lowest BCUT2D eigenvalue weighted by Crippen LogP contribution is -2.23. The molecule has 1 aromatic heterocycles. The monoisotopic (exact) mass is 330 g/mol. The Morgan fingerprint density at radius 2 is 1.68 bits per heavy atom. The van der Waals surface area contributed by atoms with Crippen LogP contribution in [-0.4, -0.2) is 16.7 Å². The van der Waals surface area contributed by atoms with E-state index in [9.17, 15) is 4.79 Å². The normalized spacial score (nSPS) is 10.2. The van der Waals surface area contributed by atoms with Crippen molar-refractivity contribution >= 4 is 11.7 Å². The van der Waals surface area contributed by atoms with Gasteiger partial charge in [0, 0.05) is 30.1 Å². The van der Waals surface area contributed by atoms with Crippen molar-refractivity contribution in [3.63, 3.8) is 0 Å². The molecule has 1 amide bonds. The molecule has 0 radical (unpaired) electrons. The highest BCUT2D eigenvalue weighted by Crippen LogP contribution is 2.18. The third-order valence-corrected chi connectivity index (χ3v) is 3.83. The highest BCUT2D eigenvalue weighted by Gasteiger charge is 2.08. The summed E-state index contributed by atoms with van der Waals surface area (Å²) >= 11 is 0. The van der Waals surface area contributed by atoms with Crippen molar-refractivity contribution in [1.29, 1.82) is 5.41 Å². The van der Waals surface area contributed by atoms with Gasteiger partial charge in [0.1, 0.15) is 5.84 Å². The zero-order valence-corrected chi connectivity index (χ0v) is 13.6. The molecular formula is C20H18N4O. The number of benzene rings is 2. The van der Waals surface area contributed by atoms with Crippen LogP contribution < -0.4 is 11.1 Å². The van der Waals surface area contributed by atoms with Gasteiger partial charge in [0.2, 0.25) is 0 Å². The van der Waals surface area contributed by atoms with E-state index in [-0.39, 0.29) is 11.7 Å². The van der Waals surface area contributed by atoms with Gasteiger partial charge in [-0.25, -0.2) is 0 Å². The summed E-state index contributed by atoms with van der Waals surface area (Å²) in [4.78, 5) is 16.5. The minimum atomic E-state index is -0.180. The van der Waals surface area contributed by atoms with Crippen molar-refractivity contribution in [1.82, 2.24) is 10.3 Å². The van der Waals surface area contributed by atoms with Gasteiger partial charge >= 0.3 is 0 Å². The predicted octanol–water partition coefficient (Wildman–Crippen LogP) is 2.96. The van der Waals surface area contributed by atoms with Crippen LogP contribution in [0.25, 0.3) is 11.1 Å². The van der Waals surface area contributed by atoms with Crippen LogP contribution in [-0.2, 0) is 6.54 Å². The number of nitrogens with one attached hydrogen (secondary N) is 2. The number of rotatable bonds is 5. The van der Waals surface area contributed by atoms with E-state index < -0.39 is 0 Å². The Morgan fingerprint density at radius 3 is 2.36 bits per heavy atom. The third-order valence-electron chi connectivity index (χ3n) is 3.83. The van der Waals surface area contributed by atoms with Gasteiger partial charge < -0.3 is 11.1 Å². The highest BCUT2D eigenvalue weighted by atomic mass is 16.1. The molecular weight excluding hydrogens is 312 g/mol. The van der Waals surface area contributed by atoms with Gasteiger partial charge in [-0.3, -0.25) is 15.2 Å². The maximum Gasteiger partial charge on any atom is 0.253 e. The lowest BCUT2D eigenvalue weighted by atomic mass is 10.1. The summed E-state index contributed by atoms with van der Waals surface area (Å²) in [6.45, 7) is 0.395. The number of amidine groups is 1. The molecule has 0 aliphatic rings. The molecule has 0 fully saturated rings. The molecule has 0 spiro atoms. The van der Waals surface area contributed by atoms with Gasteiger partial charge in [0.05, 0.1) is 5.56 Å². The molecule has 5 nitrogen and oxygen atoms in total. The summed E-state index contributed by atoms with van der Waals surface area (Å²) < 4.78 is 0. The Labute approximate surface area is 146 Å². The third kappa shape index (κ3) is 4.09. The summed E-state index contributed by atoms with van der Waals surface area (Å²) in [5.74, 6) is -0.152. The molecule has 0 saturated heterocycles. The quantitative estimate of drug-likeness (QED) is 0.496. The fraction of sp³-hybridized carbons (Fsp3) is 0.0500. The Bertz CT molecular complexity index is 889. The van der Waals surface area contributed by atoms with Crippen LogP contribution in [0.4, 0.5) is 0 Å². The minimum Gasteiger partial charge on any atom is -0.384 e. The van der Waals surface area contributed by atoms with E-state index in [4.69, 9.17) is 11.1 Å². The number of nitrogens with zero attached hydrogens (tertiary/aromatic N) is 1. The zero-order chi connectivity index (χ0) is 17.6. The van der Waals surface area contributed by atoms with E-state index in [0.29, 0.717) is 17.7 Å². The van der Waals surface area contributed by atoms with Crippen molar-refractivity contribution in [2.75, 3.05) is 0 Å². The molecule has 3 aromatic rings. The topological polar surface area (TPSA) is 91.9 Å². The van der Waals surface area contributed by atoms with Crippen LogP contribution in [0.15, 0.2) is 73.1 Å². The number of carbonyl (C=O) groups is 1. The molecule has 25 heavy (non-hydrogen) atoms. The van der Waals surface area contributed by atoms with E-state index in [1.54, 1.807) is 24.5 Å². The predicted molar refractivity (Wildman–Crippen MR) is 98.3 cm³/mol. The number of nitrogens with two attached hydrogens (primary N) is 1. The van der Waals surface area contributed by atoms with Crippen LogP contribution in [0.1, 0.15) is 21.5 Å². The largest absolute Gasteiger partial charge is 0.384 e. The first-order chi connectivity index (χ1) is 12.1. The van der Waals surface area contributed by atoms with Crippen LogP contribution in [0.5, 0.6) is 0 Å². The molecule has 0 bridgehead atoms. The molecule has 0 aliphatic heterocycles. The molecule has 0 atom stereocenters. The second kappa shape index (κ2) is 7.40. The first-order valence-corrected chi connectivity index (χ1v) is 7.85. The number of amides is 1. The van der Waals surface area contributed by atoms with Gasteiger partial charge in [0.25, 0.3) is 5.91 Å². The standard InChI is InChI=1S/C20H18N4O/c21-19(22)16-8-6-14(7-9-16)11-24-20(25)18-10-17(12-23-13-18)15-4-2-1-3-5-15/h1-10,12-13H,11H2,(H3,21,22)(H,24,25). The fourth-order valence-electron chi connectivity index (χ4n) is 2.44. The number of pyridine rings is 1.